The summed E-state index contributed by atoms with van der Waals surface area (Å²) in [5.74, 6) is -1.55. The number of aromatic hydroxyl groups is 1. The minimum absolute atomic E-state index is 0.0201. The summed E-state index contributed by atoms with van der Waals surface area (Å²) in [4.78, 5) is 37.1. The highest BCUT2D eigenvalue weighted by atomic mass is 35.5. The predicted molar refractivity (Wildman–Crippen MR) is 96.6 cm³/mol. The van der Waals surface area contributed by atoms with Gasteiger partial charge in [-0.2, -0.15) is 0 Å². The van der Waals surface area contributed by atoms with Crippen molar-refractivity contribution in [3.05, 3.63) is 32.6 Å². The van der Waals surface area contributed by atoms with Gasteiger partial charge in [0.25, 0.3) is 11.1 Å². The Morgan fingerprint density at radius 2 is 1.84 bits per heavy atom. The summed E-state index contributed by atoms with van der Waals surface area (Å²) >= 11 is 12.4. The fourth-order valence-corrected chi connectivity index (χ4v) is 3.30. The normalized spacial score (nSPS) is 16.7. The second-order valence-electron chi connectivity index (χ2n) is 6.19. The smallest absolute Gasteiger partial charge is 0.326 e. The van der Waals surface area contributed by atoms with Crippen LogP contribution in [-0.4, -0.2) is 39.3 Å². The summed E-state index contributed by atoms with van der Waals surface area (Å²) < 4.78 is 5.12. The first-order chi connectivity index (χ1) is 11.5. The van der Waals surface area contributed by atoms with Crippen LogP contribution >= 0.6 is 35.0 Å². The van der Waals surface area contributed by atoms with Gasteiger partial charge < -0.3 is 9.84 Å². The fraction of sp³-hybridized carbons (Fsp3) is 0.312. The van der Waals surface area contributed by atoms with Gasteiger partial charge in [0.2, 0.25) is 0 Å². The van der Waals surface area contributed by atoms with Crippen molar-refractivity contribution in [2.45, 2.75) is 26.4 Å². The van der Waals surface area contributed by atoms with E-state index in [0.717, 1.165) is 4.90 Å². The maximum Gasteiger partial charge on any atom is 0.326 e. The molecule has 1 aromatic rings. The standard InChI is InChI=1S/C16H15Cl2NO5S/c1-16(2,3)24-12(20)7-19-14(22)11(25-15(19)23)6-8-4-9(17)13(21)10(18)5-8/h4-6,21H,7H2,1-3H3. The van der Waals surface area contributed by atoms with Crippen molar-refractivity contribution in [2.75, 3.05) is 6.54 Å². The second kappa shape index (κ2) is 7.27. The van der Waals surface area contributed by atoms with Crippen LogP contribution in [0.5, 0.6) is 5.75 Å². The highest BCUT2D eigenvalue weighted by molar-refractivity contribution is 8.18. The summed E-state index contributed by atoms with van der Waals surface area (Å²) in [6.45, 7) is 4.61. The Bertz CT molecular complexity index is 762. The molecule has 0 atom stereocenters. The molecule has 9 heteroatoms. The lowest BCUT2D eigenvalue weighted by atomic mass is 10.2. The zero-order chi connectivity index (χ0) is 18.9. The molecule has 2 rings (SSSR count). The van der Waals surface area contributed by atoms with E-state index < -0.39 is 29.3 Å². The van der Waals surface area contributed by atoms with Crippen molar-refractivity contribution in [1.82, 2.24) is 4.90 Å². The molecule has 0 saturated carbocycles. The van der Waals surface area contributed by atoms with E-state index in [1.165, 1.54) is 18.2 Å². The average molecular weight is 404 g/mol. The van der Waals surface area contributed by atoms with E-state index in [1.54, 1.807) is 20.8 Å². The van der Waals surface area contributed by atoms with E-state index in [9.17, 15) is 19.5 Å². The van der Waals surface area contributed by atoms with Crippen molar-refractivity contribution < 1.29 is 24.2 Å². The summed E-state index contributed by atoms with van der Waals surface area (Å²) in [6.07, 6.45) is 1.41. The number of hydrogen-bond donors (Lipinski definition) is 1. The third kappa shape index (κ3) is 4.90. The Balaban J connectivity index is 2.19. The molecule has 0 aliphatic carbocycles. The van der Waals surface area contributed by atoms with Gasteiger partial charge in [-0.3, -0.25) is 19.3 Å². The van der Waals surface area contributed by atoms with Gasteiger partial charge >= 0.3 is 5.97 Å². The van der Waals surface area contributed by atoms with Gasteiger partial charge in [-0.25, -0.2) is 0 Å². The summed E-state index contributed by atoms with van der Waals surface area (Å²) in [5.41, 5.74) is -0.274. The van der Waals surface area contributed by atoms with E-state index in [1.807, 2.05) is 0 Å². The lowest BCUT2D eigenvalue weighted by Gasteiger charge is -2.21. The van der Waals surface area contributed by atoms with Gasteiger partial charge in [0, 0.05) is 0 Å². The van der Waals surface area contributed by atoms with Crippen molar-refractivity contribution in [2.24, 2.45) is 0 Å². The Morgan fingerprint density at radius 3 is 2.36 bits per heavy atom. The molecule has 1 aliphatic rings. The van der Waals surface area contributed by atoms with Crippen LogP contribution in [0.1, 0.15) is 26.3 Å². The number of hydrogen-bond acceptors (Lipinski definition) is 6. The second-order valence-corrected chi connectivity index (χ2v) is 8.00. The number of ether oxygens (including phenoxy) is 1. The van der Waals surface area contributed by atoms with Gasteiger partial charge in [-0.1, -0.05) is 23.2 Å². The fourth-order valence-electron chi connectivity index (χ4n) is 1.96. The first-order valence-electron chi connectivity index (χ1n) is 7.13. The van der Waals surface area contributed by atoms with E-state index >= 15 is 0 Å². The van der Waals surface area contributed by atoms with Crippen molar-refractivity contribution in [1.29, 1.82) is 0 Å². The monoisotopic (exact) mass is 403 g/mol. The molecule has 25 heavy (non-hydrogen) atoms. The minimum Gasteiger partial charge on any atom is -0.505 e. The molecule has 6 nitrogen and oxygen atoms in total. The largest absolute Gasteiger partial charge is 0.505 e. The number of carbonyl (C=O) groups excluding carboxylic acids is 3. The SMILES string of the molecule is CC(C)(C)OC(=O)CN1C(=O)SC(=Cc2cc(Cl)c(O)c(Cl)c2)C1=O. The van der Waals surface area contributed by atoms with E-state index in [4.69, 9.17) is 27.9 Å². The quantitative estimate of drug-likeness (QED) is 0.604. The Labute approximate surface area is 158 Å². The van der Waals surface area contributed by atoms with Crippen LogP contribution in [-0.2, 0) is 14.3 Å². The molecular weight excluding hydrogens is 389 g/mol. The number of esters is 1. The average Bonchev–Trinajstić information content (AvgIpc) is 2.70. The van der Waals surface area contributed by atoms with E-state index in [0.29, 0.717) is 17.3 Å². The van der Waals surface area contributed by atoms with Crippen LogP contribution in [0.15, 0.2) is 17.0 Å². The summed E-state index contributed by atoms with van der Waals surface area (Å²) in [7, 11) is 0. The maximum absolute atomic E-state index is 12.4. The Kier molecular flexibility index (Phi) is 5.71. The first kappa shape index (κ1) is 19.6. The van der Waals surface area contributed by atoms with E-state index in [-0.39, 0.29) is 20.7 Å². The number of amides is 2. The maximum atomic E-state index is 12.4. The highest BCUT2D eigenvalue weighted by Gasteiger charge is 2.37. The number of rotatable bonds is 3. The Morgan fingerprint density at radius 1 is 1.28 bits per heavy atom. The predicted octanol–water partition coefficient (Wildman–Crippen LogP) is 4.08. The van der Waals surface area contributed by atoms with Crippen molar-refractivity contribution in [3.8, 4) is 5.75 Å². The molecule has 0 radical (unpaired) electrons. The molecule has 0 aromatic heterocycles. The van der Waals surface area contributed by atoms with Gasteiger partial charge in [0.1, 0.15) is 12.1 Å². The number of carbonyl (C=O) groups is 3. The molecule has 1 saturated heterocycles. The molecule has 1 aromatic carbocycles. The topological polar surface area (TPSA) is 83.9 Å². The van der Waals surface area contributed by atoms with Crippen molar-refractivity contribution >= 4 is 58.2 Å². The lowest BCUT2D eigenvalue weighted by Crippen LogP contribution is -2.37. The van der Waals surface area contributed by atoms with Crippen LogP contribution in [0.2, 0.25) is 10.0 Å². The van der Waals surface area contributed by atoms with Crippen LogP contribution in [0.25, 0.3) is 6.08 Å². The number of halogens is 2. The molecule has 1 heterocycles. The minimum atomic E-state index is -0.714. The van der Waals surface area contributed by atoms with E-state index in [2.05, 4.69) is 0 Å². The Hall–Kier alpha value is -1.70. The van der Waals surface area contributed by atoms with Crippen LogP contribution in [0.3, 0.4) is 0 Å². The molecule has 0 unspecified atom stereocenters. The molecule has 1 aliphatic heterocycles. The number of benzene rings is 1. The summed E-state index contributed by atoms with van der Waals surface area (Å²) in [5, 5.41) is 9.02. The van der Waals surface area contributed by atoms with Crippen LogP contribution in [0.4, 0.5) is 4.79 Å². The molecule has 1 N–H and O–H groups in total. The zero-order valence-corrected chi connectivity index (χ0v) is 16.0. The van der Waals surface area contributed by atoms with Crippen LogP contribution in [0, 0.1) is 0 Å². The summed E-state index contributed by atoms with van der Waals surface area (Å²) in [6, 6.07) is 2.81. The van der Waals surface area contributed by atoms with Gasteiger partial charge in [-0.15, -0.1) is 0 Å². The number of phenols is 1. The van der Waals surface area contributed by atoms with Crippen LogP contribution < -0.4 is 0 Å². The molecule has 0 bridgehead atoms. The van der Waals surface area contributed by atoms with Gasteiger partial charge in [0.05, 0.1) is 15.0 Å². The van der Waals surface area contributed by atoms with Crippen molar-refractivity contribution in [3.63, 3.8) is 0 Å². The molecule has 0 spiro atoms. The van der Waals surface area contributed by atoms with Gasteiger partial charge in [0.15, 0.2) is 5.75 Å². The number of thioether (sulfide) groups is 1. The number of phenolic OH excluding ortho intramolecular Hbond substituents is 1. The molecule has 134 valence electrons. The number of imide groups is 1. The zero-order valence-electron chi connectivity index (χ0n) is 13.6. The molecular formula is C16H15Cl2NO5S. The molecule has 2 amide bonds. The number of nitrogens with zero attached hydrogens (tertiary/aromatic N) is 1. The third-order valence-electron chi connectivity index (χ3n) is 2.92. The molecule has 1 fully saturated rings. The van der Waals surface area contributed by atoms with Gasteiger partial charge in [-0.05, 0) is 56.3 Å². The first-order valence-corrected chi connectivity index (χ1v) is 8.70. The highest BCUT2D eigenvalue weighted by Crippen LogP contribution is 2.36. The lowest BCUT2D eigenvalue weighted by molar-refractivity contribution is -0.156. The third-order valence-corrected chi connectivity index (χ3v) is 4.40.